The van der Waals surface area contributed by atoms with Gasteiger partial charge in [-0.25, -0.2) is 4.90 Å². The number of nitrogens with zero attached hydrogens (tertiary/aromatic N) is 1. The molecular formula is C27H24N2O4. The highest BCUT2D eigenvalue weighted by Crippen LogP contribution is 2.40. The summed E-state index contributed by atoms with van der Waals surface area (Å²) in [5, 5.41) is 3.28. The largest absolute Gasteiger partial charge is 0.454 e. The van der Waals surface area contributed by atoms with Gasteiger partial charge in [-0.05, 0) is 68.1 Å². The summed E-state index contributed by atoms with van der Waals surface area (Å²) < 4.78 is 10.8. The first kappa shape index (κ1) is 20.8. The summed E-state index contributed by atoms with van der Waals surface area (Å²) in [5.41, 5.74) is 6.64. The van der Waals surface area contributed by atoms with Crippen molar-refractivity contribution in [2.45, 2.75) is 27.7 Å². The summed E-state index contributed by atoms with van der Waals surface area (Å²) in [6.45, 7) is 8.03. The standard InChI is InChI=1S/C27H24N2O4/c1-15-6-9-20(18(4)11-15)24-25(28-21-12-16(2)5-7-17(21)3)27(31)29(26(24)30)19-8-10-22-23(13-19)33-14-32-22/h5-13,28H,14H2,1-4H3. The summed E-state index contributed by atoms with van der Waals surface area (Å²) in [5.74, 6) is 0.319. The average molecular weight is 440 g/mol. The number of fused-ring (bicyclic) bond motifs is 1. The fourth-order valence-corrected chi connectivity index (χ4v) is 4.25. The maximum absolute atomic E-state index is 13.7. The lowest BCUT2D eigenvalue weighted by Gasteiger charge is -2.16. The van der Waals surface area contributed by atoms with Crippen LogP contribution in [0.25, 0.3) is 5.57 Å². The highest BCUT2D eigenvalue weighted by atomic mass is 16.7. The van der Waals surface area contributed by atoms with Crippen molar-refractivity contribution in [3.63, 3.8) is 0 Å². The molecule has 0 saturated heterocycles. The van der Waals surface area contributed by atoms with Crippen LogP contribution in [-0.4, -0.2) is 18.6 Å². The molecule has 5 rings (SSSR count). The molecule has 2 aliphatic rings. The second kappa shape index (κ2) is 7.81. The van der Waals surface area contributed by atoms with Crippen LogP contribution in [0.4, 0.5) is 11.4 Å². The monoisotopic (exact) mass is 440 g/mol. The minimum absolute atomic E-state index is 0.117. The molecule has 1 N–H and O–H groups in total. The lowest BCUT2D eigenvalue weighted by Crippen LogP contribution is -2.32. The van der Waals surface area contributed by atoms with Crippen molar-refractivity contribution in [1.82, 2.24) is 0 Å². The van der Waals surface area contributed by atoms with Gasteiger partial charge < -0.3 is 14.8 Å². The average Bonchev–Trinajstić information content (AvgIpc) is 3.33. The first-order valence-corrected chi connectivity index (χ1v) is 10.8. The molecule has 3 aromatic carbocycles. The third-order valence-corrected chi connectivity index (χ3v) is 6.00. The zero-order valence-corrected chi connectivity index (χ0v) is 19.0. The third-order valence-electron chi connectivity index (χ3n) is 6.00. The van der Waals surface area contributed by atoms with E-state index in [4.69, 9.17) is 9.47 Å². The van der Waals surface area contributed by atoms with Crippen molar-refractivity contribution in [3.8, 4) is 11.5 Å². The summed E-state index contributed by atoms with van der Waals surface area (Å²) in [7, 11) is 0. The summed E-state index contributed by atoms with van der Waals surface area (Å²) in [6, 6.07) is 16.9. The van der Waals surface area contributed by atoms with Crippen molar-refractivity contribution in [3.05, 3.63) is 88.1 Å². The van der Waals surface area contributed by atoms with Gasteiger partial charge in [0.1, 0.15) is 5.70 Å². The quantitative estimate of drug-likeness (QED) is 0.576. The molecule has 0 saturated carbocycles. The van der Waals surface area contributed by atoms with Gasteiger partial charge in [0.05, 0.1) is 11.3 Å². The van der Waals surface area contributed by atoms with E-state index in [-0.39, 0.29) is 18.4 Å². The number of hydrogen-bond acceptors (Lipinski definition) is 5. The highest BCUT2D eigenvalue weighted by Gasteiger charge is 2.41. The normalized spacial score (nSPS) is 15.0. The van der Waals surface area contributed by atoms with Gasteiger partial charge in [0.25, 0.3) is 11.8 Å². The molecule has 0 aromatic heterocycles. The van der Waals surface area contributed by atoms with Crippen LogP contribution in [0.5, 0.6) is 11.5 Å². The molecule has 0 spiro atoms. The number of carbonyl (C=O) groups is 2. The van der Waals surface area contributed by atoms with Crippen LogP contribution >= 0.6 is 0 Å². The van der Waals surface area contributed by atoms with Crippen LogP contribution in [0.3, 0.4) is 0 Å². The molecule has 0 fully saturated rings. The lowest BCUT2D eigenvalue weighted by atomic mass is 9.97. The number of aryl methyl sites for hydroxylation is 4. The molecule has 33 heavy (non-hydrogen) atoms. The van der Waals surface area contributed by atoms with Gasteiger partial charge in [-0.2, -0.15) is 0 Å². The molecule has 3 aromatic rings. The van der Waals surface area contributed by atoms with E-state index in [0.29, 0.717) is 22.8 Å². The first-order chi connectivity index (χ1) is 15.8. The van der Waals surface area contributed by atoms with E-state index in [1.807, 2.05) is 64.1 Å². The zero-order valence-electron chi connectivity index (χ0n) is 19.0. The van der Waals surface area contributed by atoms with Crippen molar-refractivity contribution in [2.24, 2.45) is 0 Å². The summed E-state index contributed by atoms with van der Waals surface area (Å²) >= 11 is 0. The number of imide groups is 1. The molecule has 2 heterocycles. The van der Waals surface area contributed by atoms with Crippen molar-refractivity contribution >= 4 is 28.8 Å². The lowest BCUT2D eigenvalue weighted by molar-refractivity contribution is -0.120. The Morgan fingerprint density at radius 3 is 2.27 bits per heavy atom. The van der Waals surface area contributed by atoms with Crippen LogP contribution in [0.2, 0.25) is 0 Å². The number of benzene rings is 3. The van der Waals surface area contributed by atoms with E-state index in [9.17, 15) is 9.59 Å². The van der Waals surface area contributed by atoms with Crippen LogP contribution in [0, 0.1) is 27.7 Å². The predicted octanol–water partition coefficient (Wildman–Crippen LogP) is 5.05. The van der Waals surface area contributed by atoms with E-state index >= 15 is 0 Å². The SMILES string of the molecule is Cc1ccc(C2=C(Nc3cc(C)ccc3C)C(=O)N(c3ccc4c(c3)OCO4)C2=O)c(C)c1. The smallest absolute Gasteiger partial charge is 0.282 e. The topological polar surface area (TPSA) is 67.9 Å². The molecule has 6 heteroatoms. The maximum atomic E-state index is 13.7. The minimum Gasteiger partial charge on any atom is -0.454 e. The molecule has 2 aliphatic heterocycles. The zero-order chi connectivity index (χ0) is 23.3. The van der Waals surface area contributed by atoms with Gasteiger partial charge in [-0.3, -0.25) is 9.59 Å². The number of hydrogen-bond donors (Lipinski definition) is 1. The van der Waals surface area contributed by atoms with Gasteiger partial charge in [-0.15, -0.1) is 0 Å². The Balaban J connectivity index is 1.65. The van der Waals surface area contributed by atoms with E-state index in [2.05, 4.69) is 5.32 Å². The van der Waals surface area contributed by atoms with E-state index in [1.54, 1.807) is 18.2 Å². The molecule has 0 unspecified atom stereocenters. The third kappa shape index (κ3) is 3.53. The number of amides is 2. The second-order valence-electron chi connectivity index (χ2n) is 8.50. The Hall–Kier alpha value is -4.06. The van der Waals surface area contributed by atoms with E-state index < -0.39 is 5.91 Å². The molecule has 0 bridgehead atoms. The van der Waals surface area contributed by atoms with E-state index in [1.165, 1.54) is 4.90 Å². The Morgan fingerprint density at radius 1 is 0.758 bits per heavy atom. The number of rotatable bonds is 4. The van der Waals surface area contributed by atoms with Crippen LogP contribution in [0.15, 0.2) is 60.3 Å². The van der Waals surface area contributed by atoms with Gasteiger partial charge >= 0.3 is 0 Å². The maximum Gasteiger partial charge on any atom is 0.282 e. The van der Waals surface area contributed by atoms with Crippen molar-refractivity contribution in [2.75, 3.05) is 17.0 Å². The molecule has 0 atom stereocenters. The molecule has 6 nitrogen and oxygen atoms in total. The number of nitrogens with one attached hydrogen (secondary N) is 1. The van der Waals surface area contributed by atoms with E-state index in [0.717, 1.165) is 33.5 Å². The van der Waals surface area contributed by atoms with Gasteiger partial charge in [-0.1, -0.05) is 35.9 Å². The predicted molar refractivity (Wildman–Crippen MR) is 127 cm³/mol. The van der Waals surface area contributed by atoms with Gasteiger partial charge in [0.2, 0.25) is 6.79 Å². The number of anilines is 2. The van der Waals surface area contributed by atoms with Crippen LogP contribution in [0.1, 0.15) is 27.8 Å². The number of carbonyl (C=O) groups excluding carboxylic acids is 2. The summed E-state index contributed by atoms with van der Waals surface area (Å²) in [4.78, 5) is 28.6. The molecule has 0 aliphatic carbocycles. The fourth-order valence-electron chi connectivity index (χ4n) is 4.25. The summed E-state index contributed by atoms with van der Waals surface area (Å²) in [6.07, 6.45) is 0. The Morgan fingerprint density at radius 2 is 1.48 bits per heavy atom. The Labute approximate surface area is 192 Å². The van der Waals surface area contributed by atoms with Gasteiger partial charge in [0.15, 0.2) is 11.5 Å². The highest BCUT2D eigenvalue weighted by molar-refractivity contribution is 6.46. The molecular weight excluding hydrogens is 416 g/mol. The second-order valence-corrected chi connectivity index (χ2v) is 8.50. The number of ether oxygens (including phenoxy) is 2. The van der Waals surface area contributed by atoms with Crippen LogP contribution in [-0.2, 0) is 9.59 Å². The van der Waals surface area contributed by atoms with Crippen LogP contribution < -0.4 is 19.7 Å². The Bertz CT molecular complexity index is 1360. The molecule has 0 radical (unpaired) electrons. The first-order valence-electron chi connectivity index (χ1n) is 10.8. The Kier molecular flexibility index (Phi) is 4.93. The van der Waals surface area contributed by atoms with Gasteiger partial charge in [0, 0.05) is 11.8 Å². The van der Waals surface area contributed by atoms with Crippen molar-refractivity contribution in [1.29, 1.82) is 0 Å². The fraction of sp³-hybridized carbons (Fsp3) is 0.185. The molecule has 166 valence electrons. The molecule has 2 amide bonds. The van der Waals surface area contributed by atoms with Crippen molar-refractivity contribution < 1.29 is 19.1 Å². The minimum atomic E-state index is -0.408.